The van der Waals surface area contributed by atoms with Crippen LogP contribution in [-0.4, -0.2) is 10.8 Å². The molecule has 2 nitrogen and oxygen atoms in total. The Labute approximate surface area is 122 Å². The van der Waals surface area contributed by atoms with Gasteiger partial charge in [0, 0.05) is 12.3 Å². The first-order valence-corrected chi connectivity index (χ1v) is 8.25. The third-order valence-corrected chi connectivity index (χ3v) is 5.70. The van der Waals surface area contributed by atoms with Crippen molar-refractivity contribution in [1.29, 1.82) is 0 Å². The Balaban J connectivity index is 1.77. The zero-order valence-corrected chi connectivity index (χ0v) is 12.2. The van der Waals surface area contributed by atoms with Crippen LogP contribution in [0.4, 0.5) is 0 Å². The van der Waals surface area contributed by atoms with Crippen molar-refractivity contribution in [1.82, 2.24) is 4.98 Å². The van der Waals surface area contributed by atoms with Gasteiger partial charge in [0.25, 0.3) is 0 Å². The van der Waals surface area contributed by atoms with Crippen LogP contribution in [0.3, 0.4) is 0 Å². The third-order valence-electron chi connectivity index (χ3n) is 4.45. The molecule has 1 atom stereocenters. The summed E-state index contributed by atoms with van der Waals surface area (Å²) in [5.41, 5.74) is 3.95. The van der Waals surface area contributed by atoms with E-state index in [-0.39, 0.29) is 0 Å². The molecule has 0 amide bonds. The SMILES string of the molecule is O=C1CCCc2nc(C3CCCc4ccccc43)sc21. The van der Waals surface area contributed by atoms with E-state index in [9.17, 15) is 4.79 Å². The minimum absolute atomic E-state index is 0.305. The number of hydrogen-bond acceptors (Lipinski definition) is 3. The summed E-state index contributed by atoms with van der Waals surface area (Å²) in [6.45, 7) is 0. The summed E-state index contributed by atoms with van der Waals surface area (Å²) >= 11 is 1.65. The molecule has 0 aliphatic heterocycles. The molecule has 2 aliphatic rings. The van der Waals surface area contributed by atoms with Crippen LogP contribution in [0.5, 0.6) is 0 Å². The van der Waals surface area contributed by atoms with Crippen LogP contribution in [0.25, 0.3) is 0 Å². The summed E-state index contributed by atoms with van der Waals surface area (Å²) in [5, 5.41) is 1.16. The molecule has 20 heavy (non-hydrogen) atoms. The Morgan fingerprint density at radius 3 is 2.90 bits per heavy atom. The van der Waals surface area contributed by atoms with Gasteiger partial charge in [0.2, 0.25) is 0 Å². The molecule has 1 unspecified atom stereocenters. The molecular formula is C17H17NOS. The number of aromatic nitrogens is 1. The Hall–Kier alpha value is -1.48. The number of benzene rings is 1. The predicted molar refractivity (Wildman–Crippen MR) is 80.6 cm³/mol. The van der Waals surface area contributed by atoms with Gasteiger partial charge in [0.1, 0.15) is 5.01 Å². The van der Waals surface area contributed by atoms with Gasteiger partial charge in [-0.3, -0.25) is 4.79 Å². The largest absolute Gasteiger partial charge is 0.293 e. The van der Waals surface area contributed by atoms with Gasteiger partial charge in [-0.1, -0.05) is 24.3 Å². The van der Waals surface area contributed by atoms with Gasteiger partial charge in [0.05, 0.1) is 10.6 Å². The van der Waals surface area contributed by atoms with Crippen molar-refractivity contribution in [3.05, 3.63) is 51.0 Å². The fourth-order valence-electron chi connectivity index (χ4n) is 3.45. The van der Waals surface area contributed by atoms with Crippen molar-refractivity contribution in [2.75, 3.05) is 0 Å². The smallest absolute Gasteiger partial charge is 0.174 e. The quantitative estimate of drug-likeness (QED) is 0.787. The van der Waals surface area contributed by atoms with Crippen LogP contribution in [0.1, 0.15) is 63.1 Å². The van der Waals surface area contributed by atoms with E-state index >= 15 is 0 Å². The molecule has 0 saturated carbocycles. The Kier molecular flexibility index (Phi) is 2.95. The number of Topliss-reactive ketones (excluding diaryl/α,β-unsaturated/α-hetero) is 1. The number of carbonyl (C=O) groups excluding carboxylic acids is 1. The van der Waals surface area contributed by atoms with E-state index in [1.807, 2.05) is 0 Å². The van der Waals surface area contributed by atoms with Gasteiger partial charge in [-0.25, -0.2) is 4.98 Å². The van der Waals surface area contributed by atoms with E-state index in [0.717, 1.165) is 34.8 Å². The average Bonchev–Trinajstić information content (AvgIpc) is 2.92. The van der Waals surface area contributed by atoms with Crippen molar-refractivity contribution in [2.45, 2.75) is 44.4 Å². The van der Waals surface area contributed by atoms with E-state index in [2.05, 4.69) is 24.3 Å². The topological polar surface area (TPSA) is 30.0 Å². The number of fused-ring (bicyclic) bond motifs is 2. The number of nitrogens with zero attached hydrogens (tertiary/aromatic N) is 1. The molecule has 3 heteroatoms. The maximum absolute atomic E-state index is 12.0. The number of thiazole rings is 1. The summed E-state index contributed by atoms with van der Waals surface area (Å²) in [4.78, 5) is 17.8. The summed E-state index contributed by atoms with van der Waals surface area (Å²) in [7, 11) is 0. The minimum atomic E-state index is 0.305. The second kappa shape index (κ2) is 4.81. The maximum Gasteiger partial charge on any atom is 0.174 e. The van der Waals surface area contributed by atoms with Crippen molar-refractivity contribution in [3.63, 3.8) is 0 Å². The summed E-state index contributed by atoms with van der Waals surface area (Å²) < 4.78 is 0. The molecule has 0 bridgehead atoms. The van der Waals surface area contributed by atoms with Crippen molar-refractivity contribution in [2.24, 2.45) is 0 Å². The molecular weight excluding hydrogens is 266 g/mol. The normalized spacial score (nSPS) is 21.4. The van der Waals surface area contributed by atoms with Gasteiger partial charge < -0.3 is 0 Å². The number of rotatable bonds is 1. The van der Waals surface area contributed by atoms with E-state index in [0.29, 0.717) is 18.1 Å². The number of hydrogen-bond donors (Lipinski definition) is 0. The van der Waals surface area contributed by atoms with Gasteiger partial charge >= 0.3 is 0 Å². The van der Waals surface area contributed by atoms with Crippen LogP contribution in [-0.2, 0) is 12.8 Å². The molecule has 0 N–H and O–H groups in total. The van der Waals surface area contributed by atoms with Crippen molar-refractivity contribution in [3.8, 4) is 0 Å². The van der Waals surface area contributed by atoms with Crippen LogP contribution in [0.15, 0.2) is 24.3 Å². The molecule has 2 aliphatic carbocycles. The number of aryl methyl sites for hydroxylation is 2. The van der Waals surface area contributed by atoms with Crippen molar-refractivity contribution >= 4 is 17.1 Å². The highest BCUT2D eigenvalue weighted by Gasteiger charge is 2.28. The van der Waals surface area contributed by atoms with Gasteiger partial charge in [-0.2, -0.15) is 0 Å². The van der Waals surface area contributed by atoms with E-state index in [1.54, 1.807) is 11.3 Å². The standard InChI is InChI=1S/C17H17NOS/c19-15-10-4-9-14-16(15)20-17(18-14)13-8-3-6-11-5-1-2-7-12(11)13/h1-2,5,7,13H,3-4,6,8-10H2. The highest BCUT2D eigenvalue weighted by Crippen LogP contribution is 2.40. The average molecular weight is 283 g/mol. The van der Waals surface area contributed by atoms with E-state index < -0.39 is 0 Å². The Morgan fingerprint density at radius 2 is 2.00 bits per heavy atom. The molecule has 1 aromatic heterocycles. The second-order valence-corrected chi connectivity index (χ2v) is 6.78. The first-order valence-electron chi connectivity index (χ1n) is 7.43. The van der Waals surface area contributed by atoms with Crippen molar-refractivity contribution < 1.29 is 4.79 Å². The lowest BCUT2D eigenvalue weighted by Gasteiger charge is -2.23. The molecule has 0 fully saturated rings. The fraction of sp³-hybridized carbons (Fsp3) is 0.412. The Bertz CT molecular complexity index is 673. The van der Waals surface area contributed by atoms with Crippen LogP contribution in [0.2, 0.25) is 0 Å². The minimum Gasteiger partial charge on any atom is -0.293 e. The molecule has 0 radical (unpaired) electrons. The molecule has 4 rings (SSSR count). The monoisotopic (exact) mass is 283 g/mol. The molecule has 2 aromatic rings. The molecule has 1 heterocycles. The maximum atomic E-state index is 12.0. The summed E-state index contributed by atoms with van der Waals surface area (Å²) in [6.07, 6.45) is 6.21. The van der Waals surface area contributed by atoms with Gasteiger partial charge in [-0.15, -0.1) is 11.3 Å². The molecule has 0 saturated heterocycles. The van der Waals surface area contributed by atoms with Crippen LogP contribution >= 0.6 is 11.3 Å². The van der Waals surface area contributed by atoms with Gasteiger partial charge in [-0.05, 0) is 43.2 Å². The zero-order chi connectivity index (χ0) is 13.5. The first-order chi connectivity index (χ1) is 9.83. The molecule has 102 valence electrons. The second-order valence-electron chi connectivity index (χ2n) is 5.75. The first kappa shape index (κ1) is 12.3. The lowest BCUT2D eigenvalue weighted by molar-refractivity contribution is 0.0976. The number of carbonyl (C=O) groups is 1. The molecule has 0 spiro atoms. The lowest BCUT2D eigenvalue weighted by atomic mass is 9.83. The van der Waals surface area contributed by atoms with E-state index in [4.69, 9.17) is 4.98 Å². The third kappa shape index (κ3) is 1.92. The molecule has 1 aromatic carbocycles. The Morgan fingerprint density at radius 1 is 1.10 bits per heavy atom. The zero-order valence-electron chi connectivity index (χ0n) is 11.4. The van der Waals surface area contributed by atoms with Crippen LogP contribution in [0, 0.1) is 0 Å². The predicted octanol–water partition coefficient (Wildman–Crippen LogP) is 4.13. The van der Waals surface area contributed by atoms with Gasteiger partial charge in [0.15, 0.2) is 5.78 Å². The van der Waals surface area contributed by atoms with E-state index in [1.165, 1.54) is 24.0 Å². The summed E-state index contributed by atoms with van der Waals surface area (Å²) in [5.74, 6) is 0.711. The fourth-order valence-corrected chi connectivity index (χ4v) is 4.68. The summed E-state index contributed by atoms with van der Waals surface area (Å²) in [6, 6.07) is 8.72. The lowest BCUT2D eigenvalue weighted by Crippen LogP contribution is -2.10. The number of ketones is 1. The highest BCUT2D eigenvalue weighted by molar-refractivity contribution is 7.14. The van der Waals surface area contributed by atoms with Crippen LogP contribution < -0.4 is 0 Å². The highest BCUT2D eigenvalue weighted by atomic mass is 32.1.